The number of carbonyl (C=O) groups is 1. The number of rotatable bonds is 3. The highest BCUT2D eigenvalue weighted by molar-refractivity contribution is 7.14. The Hall–Kier alpha value is -0.870. The fourth-order valence-corrected chi connectivity index (χ4v) is 3.48. The van der Waals surface area contributed by atoms with Gasteiger partial charge in [-0.25, -0.2) is 0 Å². The van der Waals surface area contributed by atoms with E-state index in [4.69, 9.17) is 0 Å². The fourth-order valence-electron chi connectivity index (χ4n) is 2.55. The van der Waals surface area contributed by atoms with Crippen LogP contribution in [-0.4, -0.2) is 35.1 Å². The quantitative estimate of drug-likeness (QED) is 0.914. The van der Waals surface area contributed by atoms with Crippen LogP contribution in [0.3, 0.4) is 0 Å². The third-order valence-corrected chi connectivity index (χ3v) is 4.95. The highest BCUT2D eigenvalue weighted by atomic mass is 32.1. The molecule has 1 aliphatic rings. The lowest BCUT2D eigenvalue weighted by Gasteiger charge is -2.34. The van der Waals surface area contributed by atoms with Gasteiger partial charge in [0.2, 0.25) is 0 Å². The number of aliphatic hydroxyl groups is 1. The smallest absolute Gasteiger partial charge is 0.264 e. The van der Waals surface area contributed by atoms with Gasteiger partial charge in [0.1, 0.15) is 0 Å². The molecular formula is C14H21NO2S. The number of aryl methyl sites for hydroxylation is 1. The van der Waals surface area contributed by atoms with Gasteiger partial charge in [-0.15, -0.1) is 11.3 Å². The van der Waals surface area contributed by atoms with Crippen LogP contribution in [0.2, 0.25) is 0 Å². The zero-order valence-corrected chi connectivity index (χ0v) is 11.9. The topological polar surface area (TPSA) is 40.5 Å². The molecule has 2 unspecified atom stereocenters. The Morgan fingerprint density at radius 2 is 2.17 bits per heavy atom. The highest BCUT2D eigenvalue weighted by Crippen LogP contribution is 2.25. The SMILES string of the molecule is CCc1ccc(C(=O)N(C)C2CCCCC2O)s1. The molecule has 18 heavy (non-hydrogen) atoms. The molecule has 0 aromatic carbocycles. The van der Waals surface area contributed by atoms with E-state index < -0.39 is 0 Å². The van der Waals surface area contributed by atoms with Crippen LogP contribution in [0.5, 0.6) is 0 Å². The van der Waals surface area contributed by atoms with Gasteiger partial charge in [0.15, 0.2) is 0 Å². The number of thiophene rings is 1. The number of aliphatic hydroxyl groups excluding tert-OH is 1. The largest absolute Gasteiger partial charge is 0.391 e. The number of hydrogen-bond acceptors (Lipinski definition) is 3. The molecule has 100 valence electrons. The van der Waals surface area contributed by atoms with E-state index in [-0.39, 0.29) is 18.1 Å². The maximum absolute atomic E-state index is 12.3. The minimum absolute atomic E-state index is 0.0153. The summed E-state index contributed by atoms with van der Waals surface area (Å²) in [5.74, 6) is 0.0469. The number of amides is 1. The molecule has 0 radical (unpaired) electrons. The summed E-state index contributed by atoms with van der Waals surface area (Å²) in [6.07, 6.45) is 4.50. The molecular weight excluding hydrogens is 246 g/mol. The maximum Gasteiger partial charge on any atom is 0.264 e. The van der Waals surface area contributed by atoms with Gasteiger partial charge >= 0.3 is 0 Å². The van der Waals surface area contributed by atoms with Crippen LogP contribution in [0.25, 0.3) is 0 Å². The maximum atomic E-state index is 12.3. The van der Waals surface area contributed by atoms with Crippen molar-refractivity contribution < 1.29 is 9.90 Å². The number of nitrogens with zero attached hydrogens (tertiary/aromatic N) is 1. The molecule has 1 aromatic rings. The standard InChI is InChI=1S/C14H21NO2S/c1-3-10-8-9-13(18-10)14(17)15(2)11-6-4-5-7-12(11)16/h8-9,11-12,16H,3-7H2,1-2H3. The molecule has 1 aliphatic carbocycles. The van der Waals surface area contributed by atoms with Crippen LogP contribution in [0.15, 0.2) is 12.1 Å². The van der Waals surface area contributed by atoms with Crippen molar-refractivity contribution in [1.29, 1.82) is 0 Å². The van der Waals surface area contributed by atoms with E-state index in [0.717, 1.165) is 37.0 Å². The molecule has 1 N–H and O–H groups in total. The number of hydrogen-bond donors (Lipinski definition) is 1. The molecule has 0 spiro atoms. The van der Waals surface area contributed by atoms with Crippen LogP contribution in [0.4, 0.5) is 0 Å². The molecule has 1 fully saturated rings. The Labute approximate surface area is 112 Å². The predicted octanol–water partition coefficient (Wildman–Crippen LogP) is 2.69. The van der Waals surface area contributed by atoms with E-state index in [2.05, 4.69) is 6.92 Å². The monoisotopic (exact) mass is 267 g/mol. The molecule has 4 heteroatoms. The molecule has 3 nitrogen and oxygen atoms in total. The van der Waals surface area contributed by atoms with E-state index in [0.29, 0.717) is 0 Å². The summed E-state index contributed by atoms with van der Waals surface area (Å²) in [4.78, 5) is 16.1. The minimum atomic E-state index is -0.363. The van der Waals surface area contributed by atoms with Gasteiger partial charge in [-0.1, -0.05) is 19.8 Å². The van der Waals surface area contributed by atoms with E-state index in [1.165, 1.54) is 4.88 Å². The minimum Gasteiger partial charge on any atom is -0.391 e. The molecule has 0 bridgehead atoms. The summed E-state index contributed by atoms with van der Waals surface area (Å²) in [6.45, 7) is 2.09. The van der Waals surface area contributed by atoms with E-state index in [9.17, 15) is 9.90 Å². The molecule has 2 atom stereocenters. The Balaban J connectivity index is 2.07. The molecule has 1 amide bonds. The van der Waals surface area contributed by atoms with Gasteiger partial charge in [-0.05, 0) is 31.4 Å². The summed E-state index contributed by atoms with van der Waals surface area (Å²) >= 11 is 1.56. The lowest BCUT2D eigenvalue weighted by Crippen LogP contribution is -2.46. The Morgan fingerprint density at radius 3 is 2.78 bits per heavy atom. The first-order chi connectivity index (χ1) is 8.63. The van der Waals surface area contributed by atoms with Crippen LogP contribution in [0.1, 0.15) is 47.2 Å². The Kier molecular flexibility index (Phi) is 4.40. The molecule has 0 saturated heterocycles. The van der Waals surface area contributed by atoms with Crippen LogP contribution in [0, 0.1) is 0 Å². The number of carbonyl (C=O) groups excluding carboxylic acids is 1. The van der Waals surface area contributed by atoms with Gasteiger partial charge in [0.05, 0.1) is 17.0 Å². The van der Waals surface area contributed by atoms with Crippen molar-refractivity contribution in [3.05, 3.63) is 21.9 Å². The molecule has 2 rings (SSSR count). The second-order valence-electron chi connectivity index (χ2n) is 4.95. The third kappa shape index (κ3) is 2.75. The van der Waals surface area contributed by atoms with Crippen molar-refractivity contribution in [2.24, 2.45) is 0 Å². The van der Waals surface area contributed by atoms with Crippen molar-refractivity contribution in [1.82, 2.24) is 4.90 Å². The normalized spacial score (nSPS) is 23.9. The van der Waals surface area contributed by atoms with Gasteiger partial charge in [0.25, 0.3) is 5.91 Å². The molecule has 0 aliphatic heterocycles. The number of likely N-dealkylation sites (N-methyl/N-ethyl adjacent to an activating group) is 1. The second kappa shape index (κ2) is 5.85. The first-order valence-corrected chi connectivity index (χ1v) is 7.49. The fraction of sp³-hybridized carbons (Fsp3) is 0.643. The average molecular weight is 267 g/mol. The third-order valence-electron chi connectivity index (χ3n) is 3.73. The van der Waals surface area contributed by atoms with Crippen molar-refractivity contribution in [3.8, 4) is 0 Å². The molecule has 1 aromatic heterocycles. The predicted molar refractivity (Wildman–Crippen MR) is 74.1 cm³/mol. The zero-order valence-electron chi connectivity index (χ0n) is 11.1. The van der Waals surface area contributed by atoms with Gasteiger partial charge in [-0.2, -0.15) is 0 Å². The van der Waals surface area contributed by atoms with Crippen LogP contribution >= 0.6 is 11.3 Å². The zero-order chi connectivity index (χ0) is 13.1. The lowest BCUT2D eigenvalue weighted by molar-refractivity contribution is 0.0271. The van der Waals surface area contributed by atoms with Crippen molar-refractivity contribution in [2.45, 2.75) is 51.2 Å². The summed E-state index contributed by atoms with van der Waals surface area (Å²) in [5, 5.41) is 10.00. The van der Waals surface area contributed by atoms with E-state index >= 15 is 0 Å². The first-order valence-electron chi connectivity index (χ1n) is 6.67. The summed E-state index contributed by atoms with van der Waals surface area (Å²) in [5.41, 5.74) is 0. The van der Waals surface area contributed by atoms with Gasteiger partial charge in [0, 0.05) is 11.9 Å². The van der Waals surface area contributed by atoms with Gasteiger partial charge < -0.3 is 10.0 Å². The van der Waals surface area contributed by atoms with E-state index in [1.54, 1.807) is 16.2 Å². The molecule has 1 saturated carbocycles. The highest BCUT2D eigenvalue weighted by Gasteiger charge is 2.30. The lowest BCUT2D eigenvalue weighted by atomic mass is 9.91. The van der Waals surface area contributed by atoms with Crippen molar-refractivity contribution >= 4 is 17.2 Å². The van der Waals surface area contributed by atoms with E-state index in [1.807, 2.05) is 19.2 Å². The summed E-state index contributed by atoms with van der Waals surface area (Å²) in [7, 11) is 1.81. The second-order valence-corrected chi connectivity index (χ2v) is 6.12. The molecule has 1 heterocycles. The van der Waals surface area contributed by atoms with Crippen LogP contribution in [-0.2, 0) is 6.42 Å². The first kappa shape index (κ1) is 13.6. The average Bonchev–Trinajstić information content (AvgIpc) is 2.86. The van der Waals surface area contributed by atoms with Gasteiger partial charge in [-0.3, -0.25) is 4.79 Å². The Morgan fingerprint density at radius 1 is 1.44 bits per heavy atom. The van der Waals surface area contributed by atoms with Crippen molar-refractivity contribution in [2.75, 3.05) is 7.05 Å². The summed E-state index contributed by atoms with van der Waals surface area (Å²) in [6, 6.07) is 3.90. The summed E-state index contributed by atoms with van der Waals surface area (Å²) < 4.78 is 0. The van der Waals surface area contributed by atoms with Crippen molar-refractivity contribution in [3.63, 3.8) is 0 Å². The Bertz CT molecular complexity index is 416. The van der Waals surface area contributed by atoms with Crippen LogP contribution < -0.4 is 0 Å².